The van der Waals surface area contributed by atoms with Crippen molar-refractivity contribution in [3.05, 3.63) is 108 Å². The van der Waals surface area contributed by atoms with E-state index in [1.807, 2.05) is 95.9 Å². The van der Waals surface area contributed by atoms with E-state index in [0.29, 0.717) is 26.1 Å². The van der Waals surface area contributed by atoms with Gasteiger partial charge in [0.15, 0.2) is 0 Å². The lowest BCUT2D eigenvalue weighted by Gasteiger charge is -2.46. The van der Waals surface area contributed by atoms with Crippen LogP contribution in [0.15, 0.2) is 91.0 Å². The lowest BCUT2D eigenvalue weighted by atomic mass is 9.90. The Morgan fingerprint density at radius 3 is 1.45 bits per heavy atom. The van der Waals surface area contributed by atoms with Crippen molar-refractivity contribution in [1.82, 2.24) is 15.5 Å². The van der Waals surface area contributed by atoms with Gasteiger partial charge in [-0.05, 0) is 23.1 Å². The van der Waals surface area contributed by atoms with Gasteiger partial charge in [0.05, 0.1) is 12.1 Å². The number of amides is 2. The van der Waals surface area contributed by atoms with Crippen LogP contribution in [0.25, 0.3) is 0 Å². The first-order chi connectivity index (χ1) is 15.2. The Hall–Kier alpha value is -3.44. The number of carbonyl (C=O) groups is 2. The van der Waals surface area contributed by atoms with Crippen LogP contribution in [0.2, 0.25) is 0 Å². The van der Waals surface area contributed by atoms with Crippen LogP contribution in [-0.4, -0.2) is 28.8 Å². The summed E-state index contributed by atoms with van der Waals surface area (Å²) >= 11 is 0. The second kappa shape index (κ2) is 10.0. The van der Waals surface area contributed by atoms with E-state index in [-0.39, 0.29) is 23.9 Å². The SMILES string of the molecule is O=C(NCc1ccccc1)[C@H]1C[C@H](C(=O)NCc2ccccc2)N1Cc1ccccc1. The predicted octanol–water partition coefficient (Wildman–Crippen LogP) is 3.26. The zero-order chi connectivity index (χ0) is 21.5. The Labute approximate surface area is 183 Å². The number of carbonyl (C=O) groups excluding carboxylic acids is 2. The molecule has 0 spiro atoms. The number of hydrogen-bond acceptors (Lipinski definition) is 3. The summed E-state index contributed by atoms with van der Waals surface area (Å²) in [6.45, 7) is 1.54. The van der Waals surface area contributed by atoms with E-state index in [9.17, 15) is 9.59 Å². The van der Waals surface area contributed by atoms with Crippen molar-refractivity contribution in [2.24, 2.45) is 0 Å². The highest BCUT2D eigenvalue weighted by Gasteiger charge is 2.46. The van der Waals surface area contributed by atoms with Crippen LogP contribution in [-0.2, 0) is 29.2 Å². The summed E-state index contributed by atoms with van der Waals surface area (Å²) < 4.78 is 0. The second-order valence-corrected chi connectivity index (χ2v) is 7.83. The molecule has 1 saturated heterocycles. The van der Waals surface area contributed by atoms with Crippen molar-refractivity contribution in [3.63, 3.8) is 0 Å². The third kappa shape index (κ3) is 5.38. The number of hydrogen-bond donors (Lipinski definition) is 2. The van der Waals surface area contributed by atoms with Gasteiger partial charge in [0, 0.05) is 19.6 Å². The topological polar surface area (TPSA) is 61.4 Å². The van der Waals surface area contributed by atoms with Crippen molar-refractivity contribution in [2.45, 2.75) is 38.1 Å². The van der Waals surface area contributed by atoms with Gasteiger partial charge in [-0.25, -0.2) is 0 Å². The summed E-state index contributed by atoms with van der Waals surface area (Å²) in [5.41, 5.74) is 3.20. The van der Waals surface area contributed by atoms with Crippen LogP contribution < -0.4 is 10.6 Å². The van der Waals surface area contributed by atoms with Crippen molar-refractivity contribution in [3.8, 4) is 0 Å². The molecule has 0 bridgehead atoms. The van der Waals surface area contributed by atoms with Crippen molar-refractivity contribution in [1.29, 1.82) is 0 Å². The molecule has 2 N–H and O–H groups in total. The highest BCUT2D eigenvalue weighted by atomic mass is 16.2. The second-order valence-electron chi connectivity index (χ2n) is 7.83. The fourth-order valence-electron chi connectivity index (χ4n) is 3.90. The molecule has 3 aromatic carbocycles. The molecule has 1 aliphatic rings. The minimum absolute atomic E-state index is 0.0353. The third-order valence-corrected chi connectivity index (χ3v) is 5.68. The summed E-state index contributed by atoms with van der Waals surface area (Å²) in [6.07, 6.45) is 0.522. The van der Waals surface area contributed by atoms with Gasteiger partial charge in [-0.2, -0.15) is 0 Å². The number of likely N-dealkylation sites (tertiary alicyclic amines) is 1. The molecule has 158 valence electrons. The Kier molecular flexibility index (Phi) is 6.75. The Morgan fingerprint density at radius 2 is 1.03 bits per heavy atom. The summed E-state index contributed by atoms with van der Waals surface area (Å²) in [5.74, 6) is -0.0706. The molecule has 0 unspecified atom stereocenters. The summed E-state index contributed by atoms with van der Waals surface area (Å²) in [4.78, 5) is 27.7. The Morgan fingerprint density at radius 1 is 0.645 bits per heavy atom. The fraction of sp³-hybridized carbons (Fsp3) is 0.231. The van der Waals surface area contributed by atoms with Gasteiger partial charge in [-0.3, -0.25) is 14.5 Å². The molecular weight excluding hydrogens is 386 g/mol. The monoisotopic (exact) mass is 413 g/mol. The number of benzene rings is 3. The first-order valence-electron chi connectivity index (χ1n) is 10.6. The zero-order valence-electron chi connectivity index (χ0n) is 17.4. The third-order valence-electron chi connectivity index (χ3n) is 5.68. The van der Waals surface area contributed by atoms with Crippen LogP contribution in [0.4, 0.5) is 0 Å². The van der Waals surface area contributed by atoms with Crippen LogP contribution in [0, 0.1) is 0 Å². The van der Waals surface area contributed by atoms with Gasteiger partial charge in [0.1, 0.15) is 0 Å². The summed E-state index contributed by atoms with van der Waals surface area (Å²) in [7, 11) is 0. The Balaban J connectivity index is 1.39. The molecule has 1 aliphatic heterocycles. The van der Waals surface area contributed by atoms with Gasteiger partial charge in [0.2, 0.25) is 11.8 Å². The van der Waals surface area contributed by atoms with Gasteiger partial charge in [-0.15, -0.1) is 0 Å². The molecule has 0 aromatic heterocycles. The van der Waals surface area contributed by atoms with E-state index in [0.717, 1.165) is 16.7 Å². The summed E-state index contributed by atoms with van der Waals surface area (Å²) in [5, 5.41) is 6.04. The molecule has 0 radical (unpaired) electrons. The normalized spacial score (nSPS) is 18.1. The largest absolute Gasteiger partial charge is 0.351 e. The van der Waals surface area contributed by atoms with Crippen LogP contribution in [0.3, 0.4) is 0 Å². The molecule has 1 heterocycles. The predicted molar refractivity (Wildman–Crippen MR) is 121 cm³/mol. The maximum atomic E-state index is 12.9. The van der Waals surface area contributed by atoms with Crippen molar-refractivity contribution >= 4 is 11.8 Å². The molecule has 0 aliphatic carbocycles. The molecule has 5 nitrogen and oxygen atoms in total. The van der Waals surface area contributed by atoms with Crippen molar-refractivity contribution in [2.75, 3.05) is 0 Å². The van der Waals surface area contributed by atoms with Crippen LogP contribution >= 0.6 is 0 Å². The maximum absolute atomic E-state index is 12.9. The molecule has 5 heteroatoms. The molecule has 4 rings (SSSR count). The van der Waals surface area contributed by atoms with E-state index < -0.39 is 0 Å². The van der Waals surface area contributed by atoms with Crippen LogP contribution in [0.5, 0.6) is 0 Å². The quantitative estimate of drug-likeness (QED) is 0.596. The molecule has 0 saturated carbocycles. The van der Waals surface area contributed by atoms with E-state index in [1.165, 1.54) is 0 Å². The van der Waals surface area contributed by atoms with Crippen LogP contribution in [0.1, 0.15) is 23.1 Å². The Bertz CT molecular complexity index is 931. The van der Waals surface area contributed by atoms with E-state index in [1.54, 1.807) is 0 Å². The average Bonchev–Trinajstić information content (AvgIpc) is 2.81. The fourth-order valence-corrected chi connectivity index (χ4v) is 3.90. The molecule has 31 heavy (non-hydrogen) atoms. The van der Waals surface area contributed by atoms with Crippen molar-refractivity contribution < 1.29 is 9.59 Å². The molecular formula is C26H27N3O2. The lowest BCUT2D eigenvalue weighted by Crippen LogP contribution is -2.65. The lowest BCUT2D eigenvalue weighted by molar-refractivity contribution is -0.145. The van der Waals surface area contributed by atoms with E-state index in [4.69, 9.17) is 0 Å². The van der Waals surface area contributed by atoms with Gasteiger partial charge >= 0.3 is 0 Å². The number of nitrogens with one attached hydrogen (secondary N) is 2. The first kappa shape index (κ1) is 20.8. The van der Waals surface area contributed by atoms with Gasteiger partial charge < -0.3 is 10.6 Å². The highest BCUT2D eigenvalue weighted by Crippen LogP contribution is 2.28. The molecule has 2 amide bonds. The minimum atomic E-state index is -0.309. The molecule has 2 atom stereocenters. The smallest absolute Gasteiger partial charge is 0.237 e. The first-order valence-corrected chi connectivity index (χ1v) is 10.6. The van der Waals surface area contributed by atoms with E-state index >= 15 is 0 Å². The zero-order valence-corrected chi connectivity index (χ0v) is 17.4. The standard InChI is InChI=1S/C26H27N3O2/c30-25(27-17-20-10-4-1-5-11-20)23-16-24(29(23)19-22-14-8-3-9-15-22)26(31)28-18-21-12-6-2-7-13-21/h1-15,23-24H,16-19H2,(H,27,30)(H,28,31)/t23-,24-/m1/s1. The maximum Gasteiger partial charge on any atom is 0.237 e. The number of nitrogens with zero attached hydrogens (tertiary/aromatic N) is 1. The minimum Gasteiger partial charge on any atom is -0.351 e. The number of rotatable bonds is 8. The van der Waals surface area contributed by atoms with E-state index in [2.05, 4.69) is 10.6 Å². The average molecular weight is 414 g/mol. The summed E-state index contributed by atoms with van der Waals surface area (Å²) in [6, 6.07) is 29.0. The molecule has 3 aromatic rings. The van der Waals surface area contributed by atoms with Gasteiger partial charge in [0.25, 0.3) is 0 Å². The molecule has 1 fully saturated rings. The highest BCUT2D eigenvalue weighted by molar-refractivity contribution is 5.89. The van der Waals surface area contributed by atoms with Gasteiger partial charge in [-0.1, -0.05) is 91.0 Å².